The Labute approximate surface area is 84.4 Å². The monoisotopic (exact) mass is 220 g/mol. The topological polar surface area (TPSA) is 66.5 Å². The molecule has 6 heteroatoms. The van der Waals surface area contributed by atoms with Crippen LogP contribution in [0.5, 0.6) is 0 Å². The lowest BCUT2D eigenvalue weighted by Crippen LogP contribution is -2.45. The molecule has 1 atom stereocenters. The van der Waals surface area contributed by atoms with Gasteiger partial charge in [0.1, 0.15) is 0 Å². The van der Waals surface area contributed by atoms with Crippen LogP contribution in [0, 0.1) is 0 Å². The van der Waals surface area contributed by atoms with Crippen molar-refractivity contribution >= 4 is 15.9 Å². The van der Waals surface area contributed by atoms with Gasteiger partial charge in [-0.25, -0.2) is 13.2 Å². The van der Waals surface area contributed by atoms with Gasteiger partial charge in [-0.05, 0) is 13.3 Å². The number of nitrogens with zero attached hydrogens (tertiary/aromatic N) is 1. The van der Waals surface area contributed by atoms with Crippen LogP contribution in [-0.2, 0) is 9.84 Å². The Bertz CT molecular complexity index is 313. The summed E-state index contributed by atoms with van der Waals surface area (Å²) in [4.78, 5) is 12.9. The molecule has 1 saturated heterocycles. The highest BCUT2D eigenvalue weighted by atomic mass is 32.2. The summed E-state index contributed by atoms with van der Waals surface area (Å²) in [5.74, 6) is 0.305. The van der Waals surface area contributed by atoms with E-state index in [1.165, 1.54) is 0 Å². The van der Waals surface area contributed by atoms with Crippen LogP contribution >= 0.6 is 0 Å². The number of carbonyl (C=O) groups is 1. The van der Waals surface area contributed by atoms with Crippen LogP contribution in [-0.4, -0.2) is 50.5 Å². The van der Waals surface area contributed by atoms with Crippen molar-refractivity contribution in [3.63, 3.8) is 0 Å². The number of sulfone groups is 1. The second-order valence-corrected chi connectivity index (χ2v) is 5.63. The SMILES string of the molecule is CCN(C(=O)NC)C1CCS(=O)(=O)C1. The fourth-order valence-corrected chi connectivity index (χ4v) is 3.46. The van der Waals surface area contributed by atoms with Crippen molar-refractivity contribution in [2.75, 3.05) is 25.1 Å². The van der Waals surface area contributed by atoms with Gasteiger partial charge in [0.15, 0.2) is 9.84 Å². The summed E-state index contributed by atoms with van der Waals surface area (Å²) in [5.41, 5.74) is 0. The molecular formula is C8H16N2O3S. The second-order valence-electron chi connectivity index (χ2n) is 3.40. The van der Waals surface area contributed by atoms with Gasteiger partial charge in [-0.3, -0.25) is 0 Å². The maximum absolute atomic E-state index is 11.4. The van der Waals surface area contributed by atoms with Gasteiger partial charge in [0.25, 0.3) is 0 Å². The minimum Gasteiger partial charge on any atom is -0.341 e. The van der Waals surface area contributed by atoms with E-state index >= 15 is 0 Å². The summed E-state index contributed by atoms with van der Waals surface area (Å²) >= 11 is 0. The molecule has 1 fully saturated rings. The highest BCUT2D eigenvalue weighted by Gasteiger charge is 2.33. The van der Waals surface area contributed by atoms with E-state index in [2.05, 4.69) is 5.32 Å². The van der Waals surface area contributed by atoms with E-state index in [4.69, 9.17) is 0 Å². The third-order valence-electron chi connectivity index (χ3n) is 2.46. The lowest BCUT2D eigenvalue weighted by atomic mass is 10.2. The van der Waals surface area contributed by atoms with Crippen molar-refractivity contribution < 1.29 is 13.2 Å². The molecule has 1 aliphatic rings. The molecule has 0 aromatic rings. The fraction of sp³-hybridized carbons (Fsp3) is 0.875. The van der Waals surface area contributed by atoms with E-state index in [1.807, 2.05) is 6.92 Å². The Hall–Kier alpha value is -0.780. The average Bonchev–Trinajstić information content (AvgIpc) is 2.47. The number of hydrogen-bond donors (Lipinski definition) is 1. The Morgan fingerprint density at radius 2 is 2.21 bits per heavy atom. The van der Waals surface area contributed by atoms with Crippen molar-refractivity contribution in [2.24, 2.45) is 0 Å². The predicted molar refractivity (Wildman–Crippen MR) is 53.9 cm³/mol. The van der Waals surface area contributed by atoms with E-state index in [0.717, 1.165) is 0 Å². The standard InChI is InChI=1S/C8H16N2O3S/c1-3-10(8(11)9-2)7-4-5-14(12,13)6-7/h7H,3-6H2,1-2H3,(H,9,11). The van der Waals surface area contributed by atoms with E-state index in [0.29, 0.717) is 13.0 Å². The number of rotatable bonds is 2. The molecule has 2 amide bonds. The predicted octanol–water partition coefficient (Wildman–Crippen LogP) is -0.165. The molecule has 1 heterocycles. The van der Waals surface area contributed by atoms with Crippen molar-refractivity contribution in [2.45, 2.75) is 19.4 Å². The average molecular weight is 220 g/mol. The largest absolute Gasteiger partial charge is 0.341 e. The van der Waals surface area contributed by atoms with Crippen LogP contribution in [0.4, 0.5) is 4.79 Å². The van der Waals surface area contributed by atoms with Gasteiger partial charge in [-0.15, -0.1) is 0 Å². The number of amides is 2. The Balaban J connectivity index is 2.69. The molecule has 0 saturated carbocycles. The van der Waals surface area contributed by atoms with E-state index in [1.54, 1.807) is 11.9 Å². The molecule has 0 aromatic heterocycles. The maximum Gasteiger partial charge on any atom is 0.317 e. The first-order chi connectivity index (χ1) is 6.50. The van der Waals surface area contributed by atoms with Crippen molar-refractivity contribution in [3.05, 3.63) is 0 Å². The van der Waals surface area contributed by atoms with Crippen molar-refractivity contribution in [3.8, 4) is 0 Å². The van der Waals surface area contributed by atoms with E-state index in [-0.39, 0.29) is 23.6 Å². The molecule has 14 heavy (non-hydrogen) atoms. The third kappa shape index (κ3) is 2.37. The maximum atomic E-state index is 11.4. The normalized spacial score (nSPS) is 24.6. The van der Waals surface area contributed by atoms with Gasteiger partial charge in [0, 0.05) is 19.6 Å². The number of hydrogen-bond acceptors (Lipinski definition) is 3. The summed E-state index contributed by atoms with van der Waals surface area (Å²) in [6, 6.07) is -0.348. The van der Waals surface area contributed by atoms with Crippen molar-refractivity contribution in [1.82, 2.24) is 10.2 Å². The highest BCUT2D eigenvalue weighted by molar-refractivity contribution is 7.91. The smallest absolute Gasteiger partial charge is 0.317 e. The first kappa shape index (κ1) is 11.3. The third-order valence-corrected chi connectivity index (χ3v) is 4.21. The second kappa shape index (κ2) is 4.16. The molecule has 0 bridgehead atoms. The molecule has 1 N–H and O–H groups in total. The minimum atomic E-state index is -2.91. The van der Waals surface area contributed by atoms with Crippen LogP contribution in [0.25, 0.3) is 0 Å². The summed E-state index contributed by atoms with van der Waals surface area (Å²) in [6.45, 7) is 2.39. The van der Waals surface area contributed by atoms with Gasteiger partial charge in [-0.2, -0.15) is 0 Å². The van der Waals surface area contributed by atoms with E-state index < -0.39 is 9.84 Å². The molecule has 0 aliphatic carbocycles. The molecule has 5 nitrogen and oxygen atoms in total. The fourth-order valence-electron chi connectivity index (χ4n) is 1.73. The van der Waals surface area contributed by atoms with Crippen LogP contribution in [0.2, 0.25) is 0 Å². The van der Waals surface area contributed by atoms with Crippen LogP contribution in [0.1, 0.15) is 13.3 Å². The van der Waals surface area contributed by atoms with Gasteiger partial charge in [-0.1, -0.05) is 0 Å². The highest BCUT2D eigenvalue weighted by Crippen LogP contribution is 2.17. The molecule has 0 spiro atoms. The lowest BCUT2D eigenvalue weighted by molar-refractivity contribution is 0.186. The molecule has 1 aliphatic heterocycles. The van der Waals surface area contributed by atoms with Crippen LogP contribution in [0.15, 0.2) is 0 Å². The molecular weight excluding hydrogens is 204 g/mol. The number of nitrogens with one attached hydrogen (secondary N) is 1. The number of urea groups is 1. The first-order valence-electron chi connectivity index (χ1n) is 4.69. The number of carbonyl (C=O) groups excluding carboxylic acids is 1. The summed E-state index contributed by atoms with van der Waals surface area (Å²) in [6.07, 6.45) is 0.559. The molecule has 1 unspecified atom stereocenters. The molecule has 82 valence electrons. The van der Waals surface area contributed by atoms with Gasteiger partial charge in [0.05, 0.1) is 11.5 Å². The Morgan fingerprint density at radius 3 is 2.57 bits per heavy atom. The van der Waals surface area contributed by atoms with Crippen molar-refractivity contribution in [1.29, 1.82) is 0 Å². The Kier molecular flexibility index (Phi) is 3.36. The summed E-state index contributed by atoms with van der Waals surface area (Å²) in [7, 11) is -1.36. The zero-order valence-electron chi connectivity index (χ0n) is 8.49. The minimum absolute atomic E-state index is 0.105. The molecule has 1 rings (SSSR count). The van der Waals surface area contributed by atoms with Crippen LogP contribution in [0.3, 0.4) is 0 Å². The van der Waals surface area contributed by atoms with Gasteiger partial charge in [0.2, 0.25) is 0 Å². The van der Waals surface area contributed by atoms with E-state index in [9.17, 15) is 13.2 Å². The lowest BCUT2D eigenvalue weighted by Gasteiger charge is -2.26. The molecule has 0 radical (unpaired) electrons. The molecule has 0 aromatic carbocycles. The first-order valence-corrected chi connectivity index (χ1v) is 6.51. The quantitative estimate of drug-likeness (QED) is 0.703. The van der Waals surface area contributed by atoms with Crippen LogP contribution < -0.4 is 5.32 Å². The van der Waals surface area contributed by atoms with Gasteiger partial charge < -0.3 is 10.2 Å². The zero-order chi connectivity index (χ0) is 10.8. The van der Waals surface area contributed by atoms with Gasteiger partial charge >= 0.3 is 6.03 Å². The summed E-state index contributed by atoms with van der Waals surface area (Å²) in [5, 5.41) is 2.51. The Morgan fingerprint density at radius 1 is 1.57 bits per heavy atom. The summed E-state index contributed by atoms with van der Waals surface area (Å²) < 4.78 is 22.4. The zero-order valence-corrected chi connectivity index (χ0v) is 9.30.